The third-order valence-corrected chi connectivity index (χ3v) is 4.92. The number of hydrogen-bond acceptors (Lipinski definition) is 4. The second kappa shape index (κ2) is 8.97. The summed E-state index contributed by atoms with van der Waals surface area (Å²) >= 11 is 5.96. The Morgan fingerprint density at radius 2 is 1.86 bits per heavy atom. The number of amides is 1. The second-order valence-electron chi connectivity index (χ2n) is 7.10. The molecule has 29 heavy (non-hydrogen) atoms. The molecule has 3 aromatic rings. The SMILES string of the molecule is COc1ccc(NC(=O)C(C)(C)c2ccc(Cl)cc2)cc1OCc1cccnc1. The number of nitrogens with zero attached hydrogens (tertiary/aromatic N) is 1. The third-order valence-electron chi connectivity index (χ3n) is 4.67. The van der Waals surface area contributed by atoms with Crippen molar-refractivity contribution in [2.45, 2.75) is 25.9 Å². The molecular formula is C23H23ClN2O3. The summed E-state index contributed by atoms with van der Waals surface area (Å²) in [6.07, 6.45) is 3.45. The van der Waals surface area contributed by atoms with Crippen LogP contribution in [0, 0.1) is 0 Å². The number of nitrogens with one attached hydrogen (secondary N) is 1. The largest absolute Gasteiger partial charge is 0.493 e. The smallest absolute Gasteiger partial charge is 0.234 e. The molecule has 0 aliphatic carbocycles. The molecule has 0 aliphatic heterocycles. The molecule has 0 atom stereocenters. The molecule has 0 spiro atoms. The molecule has 0 unspecified atom stereocenters. The molecule has 0 aliphatic rings. The van der Waals surface area contributed by atoms with Crippen LogP contribution >= 0.6 is 11.6 Å². The van der Waals surface area contributed by atoms with E-state index in [1.54, 1.807) is 49.8 Å². The van der Waals surface area contributed by atoms with Crippen molar-refractivity contribution in [1.29, 1.82) is 0 Å². The molecule has 150 valence electrons. The van der Waals surface area contributed by atoms with E-state index < -0.39 is 5.41 Å². The summed E-state index contributed by atoms with van der Waals surface area (Å²) in [6, 6.07) is 16.4. The van der Waals surface area contributed by atoms with Gasteiger partial charge in [0.15, 0.2) is 11.5 Å². The van der Waals surface area contributed by atoms with E-state index in [4.69, 9.17) is 21.1 Å². The Morgan fingerprint density at radius 3 is 2.52 bits per heavy atom. The van der Waals surface area contributed by atoms with Crippen LogP contribution < -0.4 is 14.8 Å². The van der Waals surface area contributed by atoms with Crippen LogP contribution in [0.25, 0.3) is 0 Å². The molecule has 6 heteroatoms. The van der Waals surface area contributed by atoms with Crippen LogP contribution in [-0.2, 0) is 16.8 Å². The maximum atomic E-state index is 12.9. The molecule has 3 rings (SSSR count). The molecule has 0 saturated heterocycles. The topological polar surface area (TPSA) is 60.5 Å². The number of anilines is 1. The first kappa shape index (κ1) is 20.7. The highest BCUT2D eigenvalue weighted by Crippen LogP contribution is 2.32. The van der Waals surface area contributed by atoms with Crippen LogP contribution in [0.1, 0.15) is 25.0 Å². The Labute approximate surface area is 175 Å². The van der Waals surface area contributed by atoms with Gasteiger partial charge in [-0.2, -0.15) is 0 Å². The summed E-state index contributed by atoms with van der Waals surface area (Å²) in [4.78, 5) is 17.0. The van der Waals surface area contributed by atoms with Crippen molar-refractivity contribution < 1.29 is 14.3 Å². The highest BCUT2D eigenvalue weighted by molar-refractivity contribution is 6.30. The number of benzene rings is 2. The molecular weight excluding hydrogens is 388 g/mol. The molecule has 0 saturated carbocycles. The van der Waals surface area contributed by atoms with E-state index >= 15 is 0 Å². The van der Waals surface area contributed by atoms with E-state index in [0.29, 0.717) is 28.8 Å². The summed E-state index contributed by atoms with van der Waals surface area (Å²) < 4.78 is 11.3. The van der Waals surface area contributed by atoms with Gasteiger partial charge in [-0.3, -0.25) is 9.78 Å². The lowest BCUT2D eigenvalue weighted by Crippen LogP contribution is -2.34. The zero-order valence-corrected chi connectivity index (χ0v) is 17.4. The van der Waals surface area contributed by atoms with E-state index in [9.17, 15) is 4.79 Å². The quantitative estimate of drug-likeness (QED) is 0.578. The van der Waals surface area contributed by atoms with E-state index in [0.717, 1.165) is 11.1 Å². The van der Waals surface area contributed by atoms with Crippen molar-refractivity contribution in [2.24, 2.45) is 0 Å². The zero-order valence-electron chi connectivity index (χ0n) is 16.6. The number of rotatable bonds is 7. The fourth-order valence-corrected chi connectivity index (χ4v) is 2.92. The molecule has 0 fully saturated rings. The molecule has 5 nitrogen and oxygen atoms in total. The van der Waals surface area contributed by atoms with Crippen LogP contribution in [-0.4, -0.2) is 18.0 Å². The summed E-state index contributed by atoms with van der Waals surface area (Å²) in [5, 5.41) is 3.60. The minimum absolute atomic E-state index is 0.136. The van der Waals surface area contributed by atoms with Gasteiger partial charge in [0.05, 0.1) is 12.5 Å². The monoisotopic (exact) mass is 410 g/mol. The highest BCUT2D eigenvalue weighted by atomic mass is 35.5. The summed E-state index contributed by atoms with van der Waals surface area (Å²) in [5.74, 6) is 0.991. The summed E-state index contributed by atoms with van der Waals surface area (Å²) in [7, 11) is 1.58. The number of halogens is 1. The Hall–Kier alpha value is -3.05. The lowest BCUT2D eigenvalue weighted by Gasteiger charge is -2.24. The number of carbonyl (C=O) groups is 1. The number of pyridine rings is 1. The first-order chi connectivity index (χ1) is 13.9. The van der Waals surface area contributed by atoms with Gasteiger partial charge in [-0.25, -0.2) is 0 Å². The van der Waals surface area contributed by atoms with Crippen molar-refractivity contribution in [3.8, 4) is 11.5 Å². The lowest BCUT2D eigenvalue weighted by atomic mass is 9.83. The lowest BCUT2D eigenvalue weighted by molar-refractivity contribution is -0.120. The average molecular weight is 411 g/mol. The van der Waals surface area contributed by atoms with Crippen LogP contribution in [0.5, 0.6) is 11.5 Å². The van der Waals surface area contributed by atoms with Crippen LogP contribution in [0.15, 0.2) is 67.0 Å². The minimum atomic E-state index is -0.735. The molecule has 1 heterocycles. The Bertz CT molecular complexity index is 973. The van der Waals surface area contributed by atoms with E-state index in [-0.39, 0.29) is 5.91 Å². The number of methoxy groups -OCH3 is 1. The number of hydrogen-bond donors (Lipinski definition) is 1. The first-order valence-corrected chi connectivity index (χ1v) is 9.55. The Balaban J connectivity index is 1.76. The molecule has 1 amide bonds. The predicted octanol–water partition coefficient (Wildman–Crippen LogP) is 5.24. The molecule has 2 aromatic carbocycles. The van der Waals surface area contributed by atoms with Gasteiger partial charge in [0.2, 0.25) is 5.91 Å². The van der Waals surface area contributed by atoms with Gasteiger partial charge in [-0.1, -0.05) is 29.8 Å². The fourth-order valence-electron chi connectivity index (χ4n) is 2.80. The van der Waals surface area contributed by atoms with E-state index in [1.807, 2.05) is 38.1 Å². The van der Waals surface area contributed by atoms with Gasteiger partial charge in [-0.05, 0) is 49.7 Å². The second-order valence-corrected chi connectivity index (χ2v) is 7.54. The standard InChI is InChI=1S/C23H23ClN2O3/c1-23(2,17-6-8-18(24)9-7-17)22(27)26-19-10-11-20(28-3)21(13-19)29-15-16-5-4-12-25-14-16/h4-14H,15H2,1-3H3,(H,26,27). The number of carbonyl (C=O) groups excluding carboxylic acids is 1. The van der Waals surface area contributed by atoms with Crippen LogP contribution in [0.2, 0.25) is 5.02 Å². The van der Waals surface area contributed by atoms with Gasteiger partial charge in [0.1, 0.15) is 6.61 Å². The molecule has 1 aromatic heterocycles. The highest BCUT2D eigenvalue weighted by Gasteiger charge is 2.30. The average Bonchev–Trinajstić information content (AvgIpc) is 2.73. The third kappa shape index (κ3) is 5.06. The van der Waals surface area contributed by atoms with Gasteiger partial charge < -0.3 is 14.8 Å². The molecule has 1 N–H and O–H groups in total. The summed E-state index contributed by atoms with van der Waals surface area (Å²) in [6.45, 7) is 4.09. The minimum Gasteiger partial charge on any atom is -0.493 e. The van der Waals surface area contributed by atoms with Crippen molar-refractivity contribution in [3.63, 3.8) is 0 Å². The normalized spacial score (nSPS) is 11.0. The Kier molecular flexibility index (Phi) is 6.39. The maximum Gasteiger partial charge on any atom is 0.234 e. The van der Waals surface area contributed by atoms with Crippen molar-refractivity contribution in [2.75, 3.05) is 12.4 Å². The van der Waals surface area contributed by atoms with Gasteiger partial charge in [0, 0.05) is 34.7 Å². The Morgan fingerprint density at radius 1 is 1.10 bits per heavy atom. The van der Waals surface area contributed by atoms with E-state index in [1.165, 1.54) is 0 Å². The first-order valence-electron chi connectivity index (χ1n) is 9.17. The van der Waals surface area contributed by atoms with E-state index in [2.05, 4.69) is 10.3 Å². The van der Waals surface area contributed by atoms with Gasteiger partial charge in [0.25, 0.3) is 0 Å². The van der Waals surface area contributed by atoms with Crippen LogP contribution in [0.3, 0.4) is 0 Å². The molecule has 0 bridgehead atoms. The number of aromatic nitrogens is 1. The fraction of sp³-hybridized carbons (Fsp3) is 0.217. The predicted molar refractivity (Wildman–Crippen MR) is 115 cm³/mol. The molecule has 0 radical (unpaired) electrons. The van der Waals surface area contributed by atoms with Gasteiger partial charge >= 0.3 is 0 Å². The summed E-state index contributed by atoms with van der Waals surface area (Å²) in [5.41, 5.74) is 1.70. The number of ether oxygens (including phenoxy) is 2. The maximum absolute atomic E-state index is 12.9. The van der Waals surface area contributed by atoms with Crippen molar-refractivity contribution in [3.05, 3.63) is 83.1 Å². The van der Waals surface area contributed by atoms with Gasteiger partial charge in [-0.15, -0.1) is 0 Å². The van der Waals surface area contributed by atoms with Crippen LogP contribution in [0.4, 0.5) is 5.69 Å². The van der Waals surface area contributed by atoms with Crippen molar-refractivity contribution in [1.82, 2.24) is 4.98 Å². The van der Waals surface area contributed by atoms with Crippen molar-refractivity contribution >= 4 is 23.2 Å². The zero-order chi connectivity index (χ0) is 20.9.